The van der Waals surface area contributed by atoms with Crippen molar-refractivity contribution in [3.05, 3.63) is 0 Å². The van der Waals surface area contributed by atoms with Crippen LogP contribution in [-0.4, -0.2) is 42.4 Å². The third-order valence-electron chi connectivity index (χ3n) is 4.04. The van der Waals surface area contributed by atoms with E-state index in [2.05, 4.69) is 5.32 Å². The predicted molar refractivity (Wildman–Crippen MR) is 73.0 cm³/mol. The molecule has 0 heterocycles. The summed E-state index contributed by atoms with van der Waals surface area (Å²) in [5, 5.41) is 11.0. The molecular formula is C13H21NO5S. The number of sulfone groups is 1. The lowest BCUT2D eigenvalue weighted by molar-refractivity contribution is -0.141. The van der Waals surface area contributed by atoms with Crippen molar-refractivity contribution in [3.63, 3.8) is 0 Å². The second kappa shape index (κ2) is 6.11. The molecule has 1 amide bonds. The van der Waals surface area contributed by atoms with Crippen LogP contribution in [0.3, 0.4) is 0 Å². The molecule has 2 saturated carbocycles. The summed E-state index contributed by atoms with van der Waals surface area (Å²) in [5.74, 6) is -2.03. The molecule has 7 heteroatoms. The molecule has 1 atom stereocenters. The van der Waals surface area contributed by atoms with E-state index in [4.69, 9.17) is 5.11 Å². The quantitative estimate of drug-likeness (QED) is 0.721. The maximum absolute atomic E-state index is 12.0. The second-order valence-electron chi connectivity index (χ2n) is 5.85. The number of nitrogens with one attached hydrogen (secondary N) is 1. The minimum absolute atomic E-state index is 0.350. The molecule has 2 rings (SSSR count). The third-order valence-corrected chi connectivity index (χ3v) is 6.19. The standard InChI is InChI=1S/C13H21NO5S/c15-12(8-20(18,19)10-3-1-2-4-10)14-11(13(16)17)7-9-5-6-9/h9-11H,1-8H2,(H,14,15)(H,16,17). The number of amides is 1. The number of carbonyl (C=O) groups excluding carboxylic acids is 1. The monoisotopic (exact) mass is 303 g/mol. The number of hydrogen-bond donors (Lipinski definition) is 2. The summed E-state index contributed by atoms with van der Waals surface area (Å²) >= 11 is 0. The topological polar surface area (TPSA) is 101 Å². The summed E-state index contributed by atoms with van der Waals surface area (Å²) < 4.78 is 24.0. The fourth-order valence-electron chi connectivity index (χ4n) is 2.69. The van der Waals surface area contributed by atoms with E-state index in [9.17, 15) is 18.0 Å². The van der Waals surface area contributed by atoms with Gasteiger partial charge in [0.25, 0.3) is 0 Å². The van der Waals surface area contributed by atoms with Crippen LogP contribution < -0.4 is 5.32 Å². The predicted octanol–water partition coefficient (Wildman–Crippen LogP) is 0.713. The number of rotatable bonds is 7. The Morgan fingerprint density at radius 3 is 2.25 bits per heavy atom. The van der Waals surface area contributed by atoms with E-state index in [-0.39, 0.29) is 0 Å². The zero-order valence-electron chi connectivity index (χ0n) is 11.4. The molecule has 0 radical (unpaired) electrons. The van der Waals surface area contributed by atoms with Crippen LogP contribution in [0.2, 0.25) is 0 Å². The molecule has 0 aromatic heterocycles. The Balaban J connectivity index is 1.87. The highest BCUT2D eigenvalue weighted by Crippen LogP contribution is 2.33. The molecule has 114 valence electrons. The molecule has 0 spiro atoms. The lowest BCUT2D eigenvalue weighted by atomic mass is 10.1. The maximum Gasteiger partial charge on any atom is 0.326 e. The van der Waals surface area contributed by atoms with Gasteiger partial charge in [-0.2, -0.15) is 0 Å². The molecule has 20 heavy (non-hydrogen) atoms. The molecule has 2 aliphatic carbocycles. The molecule has 2 N–H and O–H groups in total. The molecule has 0 saturated heterocycles. The van der Waals surface area contributed by atoms with E-state index in [0.29, 0.717) is 25.2 Å². The number of carbonyl (C=O) groups is 2. The van der Waals surface area contributed by atoms with Gasteiger partial charge in [0.05, 0.1) is 5.25 Å². The average molecular weight is 303 g/mol. The Labute approximate surface area is 118 Å². The van der Waals surface area contributed by atoms with Gasteiger partial charge in [-0.1, -0.05) is 25.7 Å². The minimum Gasteiger partial charge on any atom is -0.480 e. The first-order valence-corrected chi connectivity index (χ1v) is 8.84. The Kier molecular flexibility index (Phi) is 4.67. The number of hydrogen-bond acceptors (Lipinski definition) is 4. The molecule has 0 aromatic carbocycles. The van der Waals surface area contributed by atoms with Crippen LogP contribution in [0.5, 0.6) is 0 Å². The number of carboxylic acid groups (broad SMARTS) is 1. The number of aliphatic carboxylic acids is 1. The summed E-state index contributed by atoms with van der Waals surface area (Å²) in [5.41, 5.74) is 0. The van der Waals surface area contributed by atoms with Crippen LogP contribution in [0.15, 0.2) is 0 Å². The van der Waals surface area contributed by atoms with Crippen molar-refractivity contribution < 1.29 is 23.1 Å². The van der Waals surface area contributed by atoms with Crippen molar-refractivity contribution in [1.29, 1.82) is 0 Å². The van der Waals surface area contributed by atoms with Gasteiger partial charge < -0.3 is 10.4 Å². The van der Waals surface area contributed by atoms with Gasteiger partial charge in [-0.05, 0) is 25.2 Å². The van der Waals surface area contributed by atoms with E-state index >= 15 is 0 Å². The van der Waals surface area contributed by atoms with Crippen LogP contribution in [0.1, 0.15) is 44.9 Å². The summed E-state index contributed by atoms with van der Waals surface area (Å²) in [6.07, 6.45) is 5.35. The fraction of sp³-hybridized carbons (Fsp3) is 0.846. The van der Waals surface area contributed by atoms with E-state index in [1.807, 2.05) is 0 Å². The van der Waals surface area contributed by atoms with Crippen molar-refractivity contribution in [2.45, 2.75) is 56.2 Å². The highest BCUT2D eigenvalue weighted by atomic mass is 32.2. The van der Waals surface area contributed by atoms with Gasteiger partial charge in [0.1, 0.15) is 11.8 Å². The second-order valence-corrected chi connectivity index (χ2v) is 8.13. The zero-order chi connectivity index (χ0) is 14.8. The first-order chi connectivity index (χ1) is 9.38. The van der Waals surface area contributed by atoms with Crippen molar-refractivity contribution in [1.82, 2.24) is 5.32 Å². The fourth-order valence-corrected chi connectivity index (χ4v) is 4.43. The van der Waals surface area contributed by atoms with E-state index in [1.54, 1.807) is 0 Å². The van der Waals surface area contributed by atoms with E-state index in [1.165, 1.54) is 0 Å². The Bertz CT molecular complexity index is 477. The average Bonchev–Trinajstić information content (AvgIpc) is 2.97. The van der Waals surface area contributed by atoms with Crippen LogP contribution in [0, 0.1) is 5.92 Å². The molecule has 6 nitrogen and oxygen atoms in total. The van der Waals surface area contributed by atoms with Crippen LogP contribution in [0.25, 0.3) is 0 Å². The number of carboxylic acids is 1. The summed E-state index contributed by atoms with van der Waals surface area (Å²) in [4.78, 5) is 22.8. The van der Waals surface area contributed by atoms with Crippen molar-refractivity contribution in [2.24, 2.45) is 5.92 Å². The van der Waals surface area contributed by atoms with Gasteiger partial charge in [-0.15, -0.1) is 0 Å². The Hall–Kier alpha value is -1.11. The van der Waals surface area contributed by atoms with Gasteiger partial charge in [0.2, 0.25) is 5.91 Å². The van der Waals surface area contributed by atoms with Gasteiger partial charge in [-0.3, -0.25) is 4.79 Å². The first kappa shape index (κ1) is 15.3. The van der Waals surface area contributed by atoms with Crippen molar-refractivity contribution in [3.8, 4) is 0 Å². The largest absolute Gasteiger partial charge is 0.480 e. The minimum atomic E-state index is -3.45. The highest BCUT2D eigenvalue weighted by Gasteiger charge is 2.33. The van der Waals surface area contributed by atoms with E-state index in [0.717, 1.165) is 25.7 Å². The van der Waals surface area contributed by atoms with Crippen LogP contribution in [-0.2, 0) is 19.4 Å². The molecular weight excluding hydrogens is 282 g/mol. The first-order valence-electron chi connectivity index (χ1n) is 7.12. The Morgan fingerprint density at radius 2 is 1.75 bits per heavy atom. The lowest BCUT2D eigenvalue weighted by Crippen LogP contribution is -2.44. The summed E-state index contributed by atoms with van der Waals surface area (Å²) in [7, 11) is -3.45. The smallest absolute Gasteiger partial charge is 0.326 e. The van der Waals surface area contributed by atoms with Crippen LogP contribution >= 0.6 is 0 Å². The summed E-state index contributed by atoms with van der Waals surface area (Å²) in [6.45, 7) is 0. The molecule has 0 aromatic rings. The third kappa shape index (κ3) is 4.19. The summed E-state index contributed by atoms with van der Waals surface area (Å²) in [6, 6.07) is -0.964. The van der Waals surface area contributed by atoms with Crippen molar-refractivity contribution >= 4 is 21.7 Å². The zero-order valence-corrected chi connectivity index (χ0v) is 12.2. The SMILES string of the molecule is O=C(CS(=O)(=O)C1CCCC1)NC(CC1CC1)C(=O)O. The molecule has 1 unspecified atom stereocenters. The van der Waals surface area contributed by atoms with Gasteiger partial charge in [-0.25, -0.2) is 13.2 Å². The normalized spacial score (nSPS) is 21.6. The van der Waals surface area contributed by atoms with Gasteiger partial charge >= 0.3 is 5.97 Å². The molecule has 0 bridgehead atoms. The Morgan fingerprint density at radius 1 is 1.15 bits per heavy atom. The highest BCUT2D eigenvalue weighted by molar-refractivity contribution is 7.92. The van der Waals surface area contributed by atoms with Crippen LogP contribution in [0.4, 0.5) is 0 Å². The van der Waals surface area contributed by atoms with Gasteiger partial charge in [0, 0.05) is 0 Å². The van der Waals surface area contributed by atoms with E-state index < -0.39 is 38.8 Å². The lowest BCUT2D eigenvalue weighted by Gasteiger charge is -2.15. The molecule has 2 fully saturated rings. The maximum atomic E-state index is 12.0. The van der Waals surface area contributed by atoms with Gasteiger partial charge in [0.15, 0.2) is 9.84 Å². The van der Waals surface area contributed by atoms with Crippen molar-refractivity contribution in [2.75, 3.05) is 5.75 Å². The molecule has 2 aliphatic rings. The molecule has 0 aliphatic heterocycles.